The van der Waals surface area contributed by atoms with Gasteiger partial charge in [-0.05, 0) is 30.5 Å². The van der Waals surface area contributed by atoms with Gasteiger partial charge in [-0.2, -0.15) is 4.39 Å². The summed E-state index contributed by atoms with van der Waals surface area (Å²) in [6, 6.07) is 4.67. The van der Waals surface area contributed by atoms with Crippen molar-refractivity contribution in [3.63, 3.8) is 0 Å². The third-order valence-electron chi connectivity index (χ3n) is 3.64. The Bertz CT molecular complexity index is 798. The van der Waals surface area contributed by atoms with Gasteiger partial charge in [-0.15, -0.1) is 0 Å². The Morgan fingerprint density at radius 1 is 1.42 bits per heavy atom. The lowest BCUT2D eigenvalue weighted by Gasteiger charge is -2.14. The molecule has 1 atom stereocenters. The van der Waals surface area contributed by atoms with E-state index in [0.29, 0.717) is 22.7 Å². The molecule has 1 amide bonds. The van der Waals surface area contributed by atoms with Gasteiger partial charge in [0.15, 0.2) is 0 Å². The highest BCUT2D eigenvalue weighted by Gasteiger charge is 2.15. The van der Waals surface area contributed by atoms with Crippen LogP contribution in [0.4, 0.5) is 10.1 Å². The molecular weight excluding hydrogens is 361 g/mol. The highest BCUT2D eigenvalue weighted by Crippen LogP contribution is 2.24. The summed E-state index contributed by atoms with van der Waals surface area (Å²) in [5.41, 5.74) is 6.37. The number of hydrogen-bond acceptors (Lipinski definition) is 5. The lowest BCUT2D eigenvalue weighted by molar-refractivity contribution is 0.102. The third-order valence-corrected chi connectivity index (χ3v) is 3.86. The van der Waals surface area contributed by atoms with Gasteiger partial charge in [0.05, 0.1) is 23.5 Å². The molecule has 2 aromatic rings. The van der Waals surface area contributed by atoms with Gasteiger partial charge in [-0.3, -0.25) is 4.79 Å². The van der Waals surface area contributed by atoms with Crippen LogP contribution >= 0.6 is 11.6 Å². The zero-order valence-electron chi connectivity index (χ0n) is 14.4. The second-order valence-electron chi connectivity index (χ2n) is 5.52. The molecule has 3 N–H and O–H groups in total. The monoisotopic (exact) mass is 379 g/mol. The summed E-state index contributed by atoms with van der Waals surface area (Å²) >= 11 is 5.75. The highest BCUT2D eigenvalue weighted by atomic mass is 35.5. The molecule has 0 saturated carbocycles. The molecule has 0 spiro atoms. The van der Waals surface area contributed by atoms with E-state index in [9.17, 15) is 9.18 Å². The summed E-state index contributed by atoms with van der Waals surface area (Å²) in [5, 5.41) is 3.07. The molecule has 0 fully saturated rings. The molecule has 0 aliphatic rings. The minimum absolute atomic E-state index is 0.0762. The molecule has 0 aliphatic heterocycles. The van der Waals surface area contributed by atoms with E-state index in [0.717, 1.165) is 0 Å². The van der Waals surface area contributed by atoms with Crippen LogP contribution in [0.3, 0.4) is 0 Å². The van der Waals surface area contributed by atoms with Gasteiger partial charge in [0, 0.05) is 18.8 Å². The SMILES string of the molecule is CN=C(N)OCC[C@H](C)c1cc(NC(=O)c2ccc(Cl)cn2)cnc1F. The number of amides is 1. The fourth-order valence-electron chi connectivity index (χ4n) is 2.14. The van der Waals surface area contributed by atoms with Gasteiger partial charge in [0.25, 0.3) is 11.9 Å². The van der Waals surface area contributed by atoms with Gasteiger partial charge < -0.3 is 15.8 Å². The van der Waals surface area contributed by atoms with Gasteiger partial charge >= 0.3 is 0 Å². The zero-order valence-corrected chi connectivity index (χ0v) is 15.1. The van der Waals surface area contributed by atoms with Crippen molar-refractivity contribution < 1.29 is 13.9 Å². The van der Waals surface area contributed by atoms with E-state index in [4.69, 9.17) is 22.1 Å². The van der Waals surface area contributed by atoms with Gasteiger partial charge in [0.2, 0.25) is 5.95 Å². The maximum atomic E-state index is 14.0. The number of carbonyl (C=O) groups excluding carboxylic acids is 1. The van der Waals surface area contributed by atoms with Crippen LogP contribution in [0.5, 0.6) is 0 Å². The molecule has 0 bridgehead atoms. The minimum Gasteiger partial charge on any atom is -0.465 e. The molecule has 0 aromatic carbocycles. The van der Waals surface area contributed by atoms with Crippen molar-refractivity contribution in [2.45, 2.75) is 19.3 Å². The largest absolute Gasteiger partial charge is 0.465 e. The molecule has 9 heteroatoms. The Morgan fingerprint density at radius 2 is 2.19 bits per heavy atom. The molecule has 26 heavy (non-hydrogen) atoms. The fourth-order valence-corrected chi connectivity index (χ4v) is 2.26. The first-order chi connectivity index (χ1) is 12.4. The molecule has 2 aromatic heterocycles. The fraction of sp³-hybridized carbons (Fsp3) is 0.294. The number of nitrogens with zero attached hydrogens (tertiary/aromatic N) is 3. The summed E-state index contributed by atoms with van der Waals surface area (Å²) < 4.78 is 19.2. The normalized spacial score (nSPS) is 12.5. The average molecular weight is 380 g/mol. The van der Waals surface area contributed by atoms with Crippen LogP contribution in [0, 0.1) is 5.95 Å². The number of amidine groups is 1. The topological polar surface area (TPSA) is 102 Å². The molecule has 0 aliphatic carbocycles. The minimum atomic E-state index is -0.600. The Labute approximate surface area is 155 Å². The van der Waals surface area contributed by atoms with Gasteiger partial charge in [-0.25, -0.2) is 15.0 Å². The number of rotatable bonds is 6. The lowest BCUT2D eigenvalue weighted by atomic mass is 9.99. The second kappa shape index (κ2) is 9.10. The van der Waals surface area contributed by atoms with Crippen molar-refractivity contribution in [2.75, 3.05) is 19.0 Å². The average Bonchev–Trinajstić information content (AvgIpc) is 2.63. The van der Waals surface area contributed by atoms with Crippen LogP contribution in [-0.4, -0.2) is 35.6 Å². The second-order valence-corrected chi connectivity index (χ2v) is 5.96. The van der Waals surface area contributed by atoms with Gasteiger partial charge in [-0.1, -0.05) is 18.5 Å². The highest BCUT2D eigenvalue weighted by molar-refractivity contribution is 6.30. The molecule has 0 unspecified atom stereocenters. The van der Waals surface area contributed by atoms with Crippen molar-refractivity contribution in [2.24, 2.45) is 10.7 Å². The lowest BCUT2D eigenvalue weighted by Crippen LogP contribution is -2.18. The molecule has 138 valence electrons. The van der Waals surface area contributed by atoms with Crippen molar-refractivity contribution >= 4 is 29.2 Å². The summed E-state index contributed by atoms with van der Waals surface area (Å²) in [4.78, 5) is 23.5. The van der Waals surface area contributed by atoms with Crippen LogP contribution in [0.25, 0.3) is 0 Å². The standard InChI is InChI=1S/C17H19ClFN5O2/c1-10(5-6-26-17(20)21-2)13-7-12(9-23-15(13)19)24-16(25)14-4-3-11(18)8-22-14/h3-4,7-10H,5-6H2,1-2H3,(H2,20,21)(H,24,25)/t10-/m0/s1. The van der Waals surface area contributed by atoms with E-state index in [1.165, 1.54) is 31.6 Å². The number of aliphatic imine (C=N–C) groups is 1. The first-order valence-corrected chi connectivity index (χ1v) is 8.22. The van der Waals surface area contributed by atoms with Crippen LogP contribution in [0.2, 0.25) is 5.02 Å². The number of nitrogens with two attached hydrogens (primary N) is 1. The Kier molecular flexibility index (Phi) is 6.85. The van der Waals surface area contributed by atoms with Crippen molar-refractivity contribution in [1.82, 2.24) is 9.97 Å². The van der Waals surface area contributed by atoms with Crippen LogP contribution in [0.1, 0.15) is 35.3 Å². The van der Waals surface area contributed by atoms with Crippen molar-refractivity contribution in [3.05, 3.63) is 52.8 Å². The van der Waals surface area contributed by atoms with E-state index >= 15 is 0 Å². The summed E-state index contributed by atoms with van der Waals surface area (Å²) in [6.45, 7) is 2.12. The first kappa shape index (κ1) is 19.6. The van der Waals surface area contributed by atoms with E-state index in [1.807, 2.05) is 6.92 Å². The van der Waals surface area contributed by atoms with Crippen molar-refractivity contribution in [1.29, 1.82) is 0 Å². The Hall–Kier alpha value is -2.74. The van der Waals surface area contributed by atoms with E-state index in [-0.39, 0.29) is 24.2 Å². The zero-order chi connectivity index (χ0) is 19.1. The number of nitrogens with one attached hydrogen (secondary N) is 1. The predicted molar refractivity (Wildman–Crippen MR) is 97.9 cm³/mol. The summed E-state index contributed by atoms with van der Waals surface area (Å²) in [7, 11) is 1.52. The molecule has 2 rings (SSSR count). The first-order valence-electron chi connectivity index (χ1n) is 7.84. The molecule has 0 saturated heterocycles. The smallest absolute Gasteiger partial charge is 0.281 e. The summed E-state index contributed by atoms with van der Waals surface area (Å²) in [6.07, 6.45) is 3.13. The summed E-state index contributed by atoms with van der Waals surface area (Å²) in [5.74, 6) is -1.24. The third kappa shape index (κ3) is 5.38. The number of pyridine rings is 2. The molecule has 2 heterocycles. The number of aromatic nitrogens is 2. The number of ether oxygens (including phenoxy) is 1. The van der Waals surface area contributed by atoms with Crippen LogP contribution in [0.15, 0.2) is 35.6 Å². The quantitative estimate of drug-likeness (QED) is 0.456. The number of carbonyl (C=O) groups is 1. The van der Waals surface area contributed by atoms with E-state index < -0.39 is 11.9 Å². The molecule has 7 nitrogen and oxygen atoms in total. The molecule has 0 radical (unpaired) electrons. The van der Waals surface area contributed by atoms with Crippen LogP contribution < -0.4 is 11.1 Å². The number of halogens is 2. The Balaban J connectivity index is 2.06. The van der Waals surface area contributed by atoms with Crippen molar-refractivity contribution in [3.8, 4) is 0 Å². The molecular formula is C17H19ClFN5O2. The van der Waals surface area contributed by atoms with Crippen LogP contribution in [-0.2, 0) is 4.74 Å². The maximum absolute atomic E-state index is 14.0. The maximum Gasteiger partial charge on any atom is 0.281 e. The van der Waals surface area contributed by atoms with Gasteiger partial charge in [0.1, 0.15) is 5.69 Å². The van der Waals surface area contributed by atoms with E-state index in [2.05, 4.69) is 20.3 Å². The Morgan fingerprint density at radius 3 is 2.85 bits per heavy atom. The number of hydrogen-bond donors (Lipinski definition) is 2. The number of anilines is 1. The predicted octanol–water partition coefficient (Wildman–Crippen LogP) is 2.98. The van der Waals surface area contributed by atoms with E-state index in [1.54, 1.807) is 6.07 Å².